The number of para-hydroxylation sites is 1. The van der Waals surface area contributed by atoms with Crippen LogP contribution in [-0.2, 0) is 11.3 Å². The molecule has 2 aromatic heterocycles. The Hall–Kier alpha value is -4.92. The Bertz CT molecular complexity index is 1720. The molecule has 2 aromatic carbocycles. The van der Waals surface area contributed by atoms with Crippen LogP contribution in [0.2, 0.25) is 0 Å². The lowest BCUT2D eigenvalue weighted by Crippen LogP contribution is -2.39. The van der Waals surface area contributed by atoms with Crippen LogP contribution in [-0.4, -0.2) is 43.1 Å². The van der Waals surface area contributed by atoms with Gasteiger partial charge in [0.1, 0.15) is 41.0 Å². The van der Waals surface area contributed by atoms with Crippen LogP contribution >= 0.6 is 0 Å². The second-order valence-electron chi connectivity index (χ2n) is 10.1. The predicted molar refractivity (Wildman–Crippen MR) is 143 cm³/mol. The fraction of sp³-hybridized carbons (Fsp3) is 0.276. The number of hydrogen-bond donors (Lipinski definition) is 1. The molecule has 1 saturated heterocycles. The number of anilines is 1. The van der Waals surface area contributed by atoms with Gasteiger partial charge in [-0.2, -0.15) is 10.4 Å². The minimum atomic E-state index is -0.923. The number of allylic oxidation sites excluding steroid dienone is 1. The molecule has 0 radical (unpaired) electrons. The third-order valence-electron chi connectivity index (χ3n) is 7.29. The molecular formula is C29H24F3N7O2. The first-order valence-electron chi connectivity index (χ1n) is 13.2. The summed E-state index contributed by atoms with van der Waals surface area (Å²) in [5.74, 6) is -3.31. The fourth-order valence-corrected chi connectivity index (χ4v) is 5.10. The average molecular weight is 560 g/mol. The van der Waals surface area contributed by atoms with Gasteiger partial charge in [0.05, 0.1) is 18.0 Å². The van der Waals surface area contributed by atoms with Crippen LogP contribution in [0.25, 0.3) is 22.3 Å². The molecule has 208 valence electrons. The maximum atomic E-state index is 15.4. The van der Waals surface area contributed by atoms with Gasteiger partial charge in [-0.3, -0.25) is 4.79 Å². The summed E-state index contributed by atoms with van der Waals surface area (Å²) in [5.41, 5.74) is 6.90. The maximum absolute atomic E-state index is 15.4. The van der Waals surface area contributed by atoms with Crippen LogP contribution in [0.15, 0.2) is 54.4 Å². The Morgan fingerprint density at radius 3 is 2.61 bits per heavy atom. The van der Waals surface area contributed by atoms with Gasteiger partial charge in [0, 0.05) is 18.2 Å². The van der Waals surface area contributed by atoms with Crippen LogP contribution in [0.3, 0.4) is 0 Å². The first kappa shape index (κ1) is 26.3. The summed E-state index contributed by atoms with van der Waals surface area (Å²) in [6.07, 6.45) is 6.45. The smallest absolute Gasteiger partial charge is 0.264 e. The van der Waals surface area contributed by atoms with E-state index in [0.717, 1.165) is 37.5 Å². The van der Waals surface area contributed by atoms with Crippen LogP contribution in [0.4, 0.5) is 19.0 Å². The van der Waals surface area contributed by atoms with Gasteiger partial charge in [-0.1, -0.05) is 12.1 Å². The number of nitrogens with two attached hydrogens (primary N) is 1. The lowest BCUT2D eigenvalue weighted by Gasteiger charge is -2.24. The second kappa shape index (κ2) is 10.6. The molecule has 0 spiro atoms. The van der Waals surface area contributed by atoms with Gasteiger partial charge < -0.3 is 15.4 Å². The van der Waals surface area contributed by atoms with E-state index in [4.69, 9.17) is 10.5 Å². The van der Waals surface area contributed by atoms with Crippen molar-refractivity contribution >= 4 is 22.8 Å². The number of nitrogen functional groups attached to an aromatic ring is 1. The molecule has 1 saturated carbocycles. The molecule has 0 bridgehead atoms. The van der Waals surface area contributed by atoms with E-state index in [-0.39, 0.29) is 52.8 Å². The van der Waals surface area contributed by atoms with Crippen LogP contribution < -0.4 is 10.5 Å². The first-order valence-corrected chi connectivity index (χ1v) is 13.2. The highest BCUT2D eigenvalue weighted by atomic mass is 19.1. The zero-order valence-corrected chi connectivity index (χ0v) is 21.7. The number of carbonyl (C=O) groups is 1. The summed E-state index contributed by atoms with van der Waals surface area (Å²) in [5, 5.41) is 14.5. The number of hydrogen-bond acceptors (Lipinski definition) is 7. The molecule has 3 heterocycles. The van der Waals surface area contributed by atoms with Gasteiger partial charge in [-0.15, -0.1) is 0 Å². The third kappa shape index (κ3) is 5.06. The number of likely N-dealkylation sites (tertiary alicyclic amines) is 1. The van der Waals surface area contributed by atoms with E-state index in [0.29, 0.717) is 24.0 Å². The van der Waals surface area contributed by atoms with E-state index in [1.54, 1.807) is 15.7 Å². The molecule has 0 unspecified atom stereocenters. The van der Waals surface area contributed by atoms with Gasteiger partial charge in [-0.25, -0.2) is 27.8 Å². The fourth-order valence-electron chi connectivity index (χ4n) is 5.10. The molecule has 1 amide bonds. The lowest BCUT2D eigenvalue weighted by molar-refractivity contribution is -0.127. The van der Waals surface area contributed by atoms with Crippen molar-refractivity contribution < 1.29 is 22.7 Å². The quantitative estimate of drug-likeness (QED) is 0.246. The number of halogens is 3. The van der Waals surface area contributed by atoms with Crippen molar-refractivity contribution in [3.8, 4) is 28.8 Å². The molecule has 9 nitrogen and oxygen atoms in total. The van der Waals surface area contributed by atoms with Crippen LogP contribution in [0.1, 0.15) is 25.7 Å². The highest BCUT2D eigenvalue weighted by molar-refractivity contribution is 5.99. The summed E-state index contributed by atoms with van der Waals surface area (Å²) >= 11 is 0. The highest BCUT2D eigenvalue weighted by Crippen LogP contribution is 2.36. The normalized spacial score (nSPS) is 17.2. The minimum absolute atomic E-state index is 0.0510. The number of benzene rings is 2. The lowest BCUT2D eigenvalue weighted by atomic mass is 10.1. The van der Waals surface area contributed by atoms with Crippen molar-refractivity contribution in [3.05, 3.63) is 71.8 Å². The Morgan fingerprint density at radius 2 is 1.90 bits per heavy atom. The molecule has 1 atom stereocenters. The molecule has 1 aliphatic carbocycles. The zero-order chi connectivity index (χ0) is 28.7. The number of aromatic nitrogens is 4. The number of carbonyl (C=O) groups excluding carboxylic acids is 1. The molecule has 2 fully saturated rings. The molecule has 2 aliphatic rings. The Kier molecular flexibility index (Phi) is 6.78. The van der Waals surface area contributed by atoms with Crippen molar-refractivity contribution in [1.29, 1.82) is 5.26 Å². The Labute approximate surface area is 232 Å². The number of fused-ring (bicyclic) bond motifs is 1. The van der Waals surface area contributed by atoms with Crippen molar-refractivity contribution in [2.75, 3.05) is 12.3 Å². The van der Waals surface area contributed by atoms with Crippen molar-refractivity contribution in [2.45, 2.75) is 38.3 Å². The van der Waals surface area contributed by atoms with Crippen LogP contribution in [0, 0.1) is 34.7 Å². The highest BCUT2D eigenvalue weighted by Gasteiger charge is 2.33. The molecule has 2 N–H and O–H groups in total. The number of nitrogens with zero attached hydrogens (tertiary/aromatic N) is 6. The first-order chi connectivity index (χ1) is 19.8. The summed E-state index contributed by atoms with van der Waals surface area (Å²) < 4.78 is 50.3. The van der Waals surface area contributed by atoms with Gasteiger partial charge in [-0.05, 0) is 55.9 Å². The van der Waals surface area contributed by atoms with E-state index < -0.39 is 23.2 Å². The number of rotatable bonds is 7. The summed E-state index contributed by atoms with van der Waals surface area (Å²) in [7, 11) is 0. The van der Waals surface area contributed by atoms with Gasteiger partial charge in [0.15, 0.2) is 23.0 Å². The van der Waals surface area contributed by atoms with Crippen LogP contribution in [0.5, 0.6) is 11.5 Å². The Balaban J connectivity index is 1.32. The van der Waals surface area contributed by atoms with Crippen molar-refractivity contribution in [1.82, 2.24) is 24.6 Å². The molecule has 4 aromatic rings. The van der Waals surface area contributed by atoms with E-state index in [1.165, 1.54) is 24.5 Å². The van der Waals surface area contributed by atoms with Crippen molar-refractivity contribution in [3.63, 3.8) is 0 Å². The molecular weight excluding hydrogens is 535 g/mol. The second-order valence-corrected chi connectivity index (χ2v) is 10.1. The van der Waals surface area contributed by atoms with Crippen molar-refractivity contribution in [2.24, 2.45) is 5.92 Å². The number of ether oxygens (including phenoxy) is 1. The van der Waals surface area contributed by atoms with Gasteiger partial charge in [0.25, 0.3) is 5.91 Å². The van der Waals surface area contributed by atoms with E-state index >= 15 is 4.39 Å². The summed E-state index contributed by atoms with van der Waals surface area (Å²) in [6.45, 7) is 0.755. The van der Waals surface area contributed by atoms with Gasteiger partial charge >= 0.3 is 0 Å². The SMILES string of the molecule is N#C/C(=C\C1CC1)C(=O)N1CCC[C@@H]1Cn1nc(-c2ccc(Oc3c(F)cccc3F)cc2F)c2c(N)ncnc21. The van der Waals surface area contributed by atoms with E-state index in [1.807, 2.05) is 6.07 Å². The molecule has 1 aliphatic heterocycles. The Morgan fingerprint density at radius 1 is 1.12 bits per heavy atom. The number of amides is 1. The maximum Gasteiger partial charge on any atom is 0.264 e. The molecule has 41 heavy (non-hydrogen) atoms. The third-order valence-corrected chi connectivity index (χ3v) is 7.29. The topological polar surface area (TPSA) is 123 Å². The van der Waals surface area contributed by atoms with Gasteiger partial charge in [0.2, 0.25) is 0 Å². The largest absolute Gasteiger partial charge is 0.451 e. The standard InChI is InChI=1S/C29H24F3N7O2/c30-21-4-1-5-22(31)26(21)41-19-8-9-20(23(32)12-19)25-24-27(34)35-15-36-28(24)39(37-25)14-18-3-2-10-38(18)29(40)17(13-33)11-16-6-7-16/h1,4-5,8-9,11-12,15-16,18H,2-3,6-7,10,14H2,(H2,34,35,36)/b17-11+/t18-/m1/s1. The number of nitriles is 1. The predicted octanol–water partition coefficient (Wildman–Crippen LogP) is 5.14. The zero-order valence-electron chi connectivity index (χ0n) is 21.7. The molecule has 12 heteroatoms. The summed E-state index contributed by atoms with van der Waals surface area (Å²) in [6, 6.07) is 8.79. The minimum Gasteiger partial charge on any atom is -0.451 e. The monoisotopic (exact) mass is 559 g/mol. The average Bonchev–Trinajstić information content (AvgIpc) is 3.53. The van der Waals surface area contributed by atoms with E-state index in [2.05, 4.69) is 15.1 Å². The molecule has 6 rings (SSSR count). The van der Waals surface area contributed by atoms with E-state index in [9.17, 15) is 18.8 Å². The summed E-state index contributed by atoms with van der Waals surface area (Å²) in [4.78, 5) is 23.3.